The maximum Gasteiger partial charge on any atom is 0.216 e. The molecule has 5 rings (SSSR count). The van der Waals surface area contributed by atoms with Crippen LogP contribution in [0.4, 0.5) is 0 Å². The molecule has 0 spiro atoms. The summed E-state index contributed by atoms with van der Waals surface area (Å²) in [5.41, 5.74) is 3.02. The van der Waals surface area contributed by atoms with Gasteiger partial charge in [0.1, 0.15) is 23.0 Å². The first kappa shape index (κ1) is 16.4. The number of thiazole rings is 1. The van der Waals surface area contributed by atoms with Crippen LogP contribution in [0.15, 0.2) is 31.0 Å². The fraction of sp³-hybridized carbons (Fsp3) is 0.333. The predicted molar refractivity (Wildman–Crippen MR) is 99.5 cm³/mol. The maximum atomic E-state index is 11.1. The van der Waals surface area contributed by atoms with Crippen molar-refractivity contribution in [2.24, 2.45) is 0 Å². The Morgan fingerprint density at radius 2 is 2.19 bits per heavy atom. The third-order valence-corrected chi connectivity index (χ3v) is 6.08. The number of ether oxygens (including phenoxy) is 1. The molecule has 27 heavy (non-hydrogen) atoms. The highest BCUT2D eigenvalue weighted by Gasteiger charge is 2.33. The van der Waals surface area contributed by atoms with Gasteiger partial charge in [-0.2, -0.15) is 0 Å². The summed E-state index contributed by atoms with van der Waals surface area (Å²) in [5.74, 6) is 1.11. The molecule has 138 valence electrons. The molecule has 1 aliphatic carbocycles. The van der Waals surface area contributed by atoms with E-state index in [4.69, 9.17) is 4.74 Å². The number of rotatable bonds is 5. The lowest BCUT2D eigenvalue weighted by Gasteiger charge is -2.09. The van der Waals surface area contributed by atoms with Crippen LogP contribution in [0, 0.1) is 6.92 Å². The number of fused-ring (bicyclic) bond motifs is 1. The van der Waals surface area contributed by atoms with Gasteiger partial charge in [-0.15, -0.1) is 16.4 Å². The lowest BCUT2D eigenvalue weighted by Crippen LogP contribution is -2.06. The number of hydrogen-bond donors (Lipinski definition) is 1. The van der Waals surface area contributed by atoms with Crippen molar-refractivity contribution in [3.8, 4) is 11.6 Å². The quantitative estimate of drug-likeness (QED) is 0.571. The van der Waals surface area contributed by atoms with Crippen molar-refractivity contribution >= 4 is 16.2 Å². The molecule has 8 nitrogen and oxygen atoms in total. The van der Waals surface area contributed by atoms with Crippen molar-refractivity contribution < 1.29 is 9.84 Å². The highest BCUT2D eigenvalue weighted by Crippen LogP contribution is 2.47. The molecule has 4 heterocycles. The van der Waals surface area contributed by atoms with Gasteiger partial charge in [-0.05, 0) is 31.7 Å². The summed E-state index contributed by atoms with van der Waals surface area (Å²) in [4.78, 5) is 10.7. The molecule has 0 amide bonds. The normalized spacial score (nSPS) is 15.4. The van der Waals surface area contributed by atoms with Crippen LogP contribution in [0.25, 0.3) is 10.5 Å². The van der Waals surface area contributed by atoms with Crippen LogP contribution >= 0.6 is 11.3 Å². The SMILES string of the molecule is COc1ncc(-n2cc(C(O)c3c(C4CC4)sc4cncn34)nn2)cc1C. The number of pyridine rings is 1. The number of nitrogens with zero attached hydrogens (tertiary/aromatic N) is 6. The molecule has 1 atom stereocenters. The van der Waals surface area contributed by atoms with Gasteiger partial charge in [-0.1, -0.05) is 5.21 Å². The van der Waals surface area contributed by atoms with E-state index in [1.165, 1.54) is 17.7 Å². The molecule has 9 heteroatoms. The Kier molecular flexibility index (Phi) is 3.73. The second kappa shape index (κ2) is 6.14. The Labute approximate surface area is 159 Å². The molecule has 1 fully saturated rings. The first-order valence-corrected chi connectivity index (χ1v) is 9.53. The monoisotopic (exact) mass is 382 g/mol. The number of imidazole rings is 1. The Morgan fingerprint density at radius 1 is 1.33 bits per heavy atom. The van der Waals surface area contributed by atoms with Crippen molar-refractivity contribution in [3.05, 3.63) is 52.8 Å². The van der Waals surface area contributed by atoms with Crippen molar-refractivity contribution in [2.75, 3.05) is 7.11 Å². The molecule has 1 aliphatic rings. The maximum absolute atomic E-state index is 11.1. The van der Waals surface area contributed by atoms with Gasteiger partial charge in [-0.25, -0.2) is 14.6 Å². The molecule has 0 bridgehead atoms. The number of methoxy groups -OCH3 is 1. The summed E-state index contributed by atoms with van der Waals surface area (Å²) in [7, 11) is 1.59. The van der Waals surface area contributed by atoms with Crippen LogP contribution in [-0.2, 0) is 0 Å². The van der Waals surface area contributed by atoms with Crippen molar-refractivity contribution in [1.29, 1.82) is 0 Å². The fourth-order valence-electron chi connectivity index (χ4n) is 3.28. The van der Waals surface area contributed by atoms with Gasteiger partial charge in [0, 0.05) is 10.4 Å². The number of aliphatic hydroxyl groups excluding tert-OH is 1. The molecule has 0 saturated heterocycles. The van der Waals surface area contributed by atoms with Gasteiger partial charge in [0.05, 0.1) is 37.1 Å². The van der Waals surface area contributed by atoms with E-state index in [0.717, 1.165) is 21.8 Å². The molecule has 0 aliphatic heterocycles. The average Bonchev–Trinajstić information content (AvgIpc) is 3.08. The van der Waals surface area contributed by atoms with Gasteiger partial charge < -0.3 is 9.84 Å². The zero-order valence-electron chi connectivity index (χ0n) is 14.9. The largest absolute Gasteiger partial charge is 0.481 e. The van der Waals surface area contributed by atoms with Crippen LogP contribution < -0.4 is 4.74 Å². The molecule has 1 N–H and O–H groups in total. The van der Waals surface area contributed by atoms with E-state index in [9.17, 15) is 5.11 Å². The summed E-state index contributed by atoms with van der Waals surface area (Å²) in [6.07, 6.45) is 8.47. The van der Waals surface area contributed by atoms with Gasteiger partial charge in [0.2, 0.25) is 5.88 Å². The third-order valence-electron chi connectivity index (χ3n) is 4.80. The topological polar surface area (TPSA) is 90.4 Å². The lowest BCUT2D eigenvalue weighted by molar-refractivity contribution is 0.208. The Morgan fingerprint density at radius 3 is 2.93 bits per heavy atom. The summed E-state index contributed by atoms with van der Waals surface area (Å²) in [6.45, 7) is 1.92. The van der Waals surface area contributed by atoms with Crippen molar-refractivity contribution in [2.45, 2.75) is 31.8 Å². The van der Waals surface area contributed by atoms with E-state index in [1.54, 1.807) is 41.8 Å². The number of aliphatic hydroxyl groups is 1. The van der Waals surface area contributed by atoms with Crippen molar-refractivity contribution in [3.63, 3.8) is 0 Å². The molecule has 4 aromatic rings. The van der Waals surface area contributed by atoms with E-state index < -0.39 is 6.10 Å². The second-order valence-corrected chi connectivity index (χ2v) is 7.80. The van der Waals surface area contributed by atoms with Gasteiger partial charge >= 0.3 is 0 Å². The van der Waals surface area contributed by atoms with E-state index in [-0.39, 0.29) is 0 Å². The van der Waals surface area contributed by atoms with Crippen LogP contribution in [0.2, 0.25) is 0 Å². The number of aromatic nitrogens is 6. The van der Waals surface area contributed by atoms with Crippen LogP contribution in [-0.4, -0.2) is 41.6 Å². The fourth-order valence-corrected chi connectivity index (χ4v) is 4.58. The van der Waals surface area contributed by atoms with Crippen LogP contribution in [0.5, 0.6) is 5.88 Å². The van der Waals surface area contributed by atoms with E-state index >= 15 is 0 Å². The van der Waals surface area contributed by atoms with Crippen molar-refractivity contribution in [1.82, 2.24) is 29.4 Å². The smallest absolute Gasteiger partial charge is 0.216 e. The minimum atomic E-state index is -0.857. The predicted octanol–water partition coefficient (Wildman–Crippen LogP) is 2.65. The first-order chi connectivity index (χ1) is 13.2. The van der Waals surface area contributed by atoms with E-state index in [2.05, 4.69) is 20.3 Å². The summed E-state index contributed by atoms with van der Waals surface area (Å²) < 4.78 is 8.78. The van der Waals surface area contributed by atoms with Crippen LogP contribution in [0.1, 0.15) is 46.7 Å². The average molecular weight is 382 g/mol. The molecule has 1 unspecified atom stereocenters. The summed E-state index contributed by atoms with van der Waals surface area (Å²) >= 11 is 1.69. The third kappa shape index (κ3) is 2.70. The molecule has 4 aromatic heterocycles. The van der Waals surface area contributed by atoms with Gasteiger partial charge in [-0.3, -0.25) is 4.40 Å². The lowest BCUT2D eigenvalue weighted by atomic mass is 10.1. The zero-order valence-corrected chi connectivity index (χ0v) is 15.7. The highest BCUT2D eigenvalue weighted by molar-refractivity contribution is 7.17. The van der Waals surface area contributed by atoms with Crippen LogP contribution in [0.3, 0.4) is 0 Å². The Balaban J connectivity index is 1.52. The molecular formula is C18H18N6O2S. The highest BCUT2D eigenvalue weighted by atomic mass is 32.1. The first-order valence-electron chi connectivity index (χ1n) is 8.71. The van der Waals surface area contributed by atoms with Gasteiger partial charge in [0.25, 0.3) is 0 Å². The Bertz CT molecular complexity index is 1130. The minimum absolute atomic E-state index is 0.499. The summed E-state index contributed by atoms with van der Waals surface area (Å²) in [5, 5.41) is 19.4. The molecule has 0 aromatic carbocycles. The Hall–Kier alpha value is -2.78. The van der Waals surface area contributed by atoms with E-state index in [0.29, 0.717) is 17.5 Å². The van der Waals surface area contributed by atoms with Gasteiger partial charge in [0.15, 0.2) is 0 Å². The molecule has 0 radical (unpaired) electrons. The number of aryl methyl sites for hydroxylation is 1. The minimum Gasteiger partial charge on any atom is -0.481 e. The second-order valence-electron chi connectivity index (χ2n) is 6.74. The molecule has 1 saturated carbocycles. The van der Waals surface area contributed by atoms with E-state index in [1.807, 2.05) is 23.6 Å². The molecular weight excluding hydrogens is 364 g/mol. The number of hydrogen-bond acceptors (Lipinski definition) is 7. The zero-order chi connectivity index (χ0) is 18.5. The standard InChI is InChI=1S/C18H18N6O2S/c1-10-5-12(6-20-18(10)26-2)24-8-13(21-22-24)16(25)15-17(11-3-4-11)27-14-7-19-9-23(14)15/h5-9,11,16,25H,3-4H2,1-2H3. The summed E-state index contributed by atoms with van der Waals surface area (Å²) in [6, 6.07) is 1.92.